The fourth-order valence-electron chi connectivity index (χ4n) is 3.29. The van der Waals surface area contributed by atoms with Gasteiger partial charge in [-0.25, -0.2) is 4.39 Å². The van der Waals surface area contributed by atoms with Gasteiger partial charge in [0.2, 0.25) is 11.9 Å². The van der Waals surface area contributed by atoms with Crippen molar-refractivity contribution in [1.82, 2.24) is 14.8 Å². The molecule has 1 aliphatic heterocycles. The van der Waals surface area contributed by atoms with Crippen LogP contribution in [-0.2, 0) is 16.0 Å². The van der Waals surface area contributed by atoms with Crippen LogP contribution in [0.5, 0.6) is 0 Å². The fourth-order valence-corrected chi connectivity index (χ4v) is 4.04. The first-order valence-electron chi connectivity index (χ1n) is 10.1. The smallest absolute Gasteiger partial charge is 0.234 e. The summed E-state index contributed by atoms with van der Waals surface area (Å²) in [6.07, 6.45) is 0.325. The van der Waals surface area contributed by atoms with E-state index in [2.05, 4.69) is 21.6 Å². The van der Waals surface area contributed by atoms with Crippen LogP contribution in [0.25, 0.3) is 5.69 Å². The number of morpholine rings is 1. The summed E-state index contributed by atoms with van der Waals surface area (Å²) in [6.45, 7) is 2.46. The van der Waals surface area contributed by atoms with E-state index >= 15 is 0 Å². The highest BCUT2D eigenvalue weighted by atomic mass is 32.2. The lowest BCUT2D eigenvalue weighted by atomic mass is 10.1. The summed E-state index contributed by atoms with van der Waals surface area (Å²) in [5, 5.41) is 20.7. The minimum Gasteiger partial charge on any atom is -0.378 e. The summed E-state index contributed by atoms with van der Waals surface area (Å²) in [5.74, 6) is 0.133. The van der Waals surface area contributed by atoms with E-state index in [0.29, 0.717) is 55.2 Å². The van der Waals surface area contributed by atoms with E-state index < -0.39 is 0 Å². The predicted molar refractivity (Wildman–Crippen MR) is 119 cm³/mol. The number of carbonyl (C=O) groups excluding carboxylic acids is 1. The molecule has 0 saturated carbocycles. The molecule has 0 spiro atoms. The molecular weight excluding hydrogens is 431 g/mol. The van der Waals surface area contributed by atoms with Gasteiger partial charge >= 0.3 is 0 Å². The van der Waals surface area contributed by atoms with Gasteiger partial charge < -0.3 is 15.0 Å². The Morgan fingerprint density at radius 2 is 1.97 bits per heavy atom. The lowest BCUT2D eigenvalue weighted by Gasteiger charge is -2.27. The van der Waals surface area contributed by atoms with Gasteiger partial charge in [0.05, 0.1) is 37.1 Å². The molecule has 3 aromatic rings. The van der Waals surface area contributed by atoms with Crippen LogP contribution in [0.15, 0.2) is 53.7 Å². The van der Waals surface area contributed by atoms with Crippen LogP contribution in [0.4, 0.5) is 16.0 Å². The zero-order chi connectivity index (χ0) is 22.3. The average molecular weight is 453 g/mol. The number of anilines is 2. The number of ether oxygens (including phenoxy) is 1. The predicted octanol–water partition coefficient (Wildman–Crippen LogP) is 3.04. The van der Waals surface area contributed by atoms with Crippen LogP contribution in [-0.4, -0.2) is 52.7 Å². The van der Waals surface area contributed by atoms with Crippen LogP contribution in [0.2, 0.25) is 0 Å². The lowest BCUT2D eigenvalue weighted by molar-refractivity contribution is -0.113. The Balaban J connectivity index is 1.49. The maximum atomic E-state index is 13.9. The van der Waals surface area contributed by atoms with Crippen molar-refractivity contribution < 1.29 is 13.9 Å². The molecule has 164 valence electrons. The van der Waals surface area contributed by atoms with Gasteiger partial charge in [-0.15, -0.1) is 10.2 Å². The Labute approximate surface area is 189 Å². The summed E-state index contributed by atoms with van der Waals surface area (Å²) >= 11 is 1.23. The number of nitrogens with zero attached hydrogens (tertiary/aromatic N) is 5. The number of benzene rings is 2. The van der Waals surface area contributed by atoms with Gasteiger partial charge in [0.15, 0.2) is 5.16 Å². The maximum Gasteiger partial charge on any atom is 0.234 e. The number of aromatic nitrogens is 3. The van der Waals surface area contributed by atoms with E-state index in [4.69, 9.17) is 10.00 Å². The van der Waals surface area contributed by atoms with Crippen molar-refractivity contribution in [2.75, 3.05) is 42.3 Å². The highest BCUT2D eigenvalue weighted by Gasteiger charge is 2.22. The first-order chi connectivity index (χ1) is 15.6. The Bertz CT molecular complexity index is 1120. The Morgan fingerprint density at radius 1 is 1.19 bits per heavy atom. The second-order valence-corrected chi connectivity index (χ2v) is 8.01. The third kappa shape index (κ3) is 5.25. The highest BCUT2D eigenvalue weighted by Crippen LogP contribution is 2.27. The standard InChI is InChI=1S/C22H21FN6O2S/c23-17-2-1-3-19(14-17)29-21(28-10-12-31-13-11-28)26-27-22(29)32-15-20(30)25-18-6-4-16(5-7-18)8-9-24/h1-7,14H,8,10-13,15H2,(H,25,30). The number of hydrogen-bond acceptors (Lipinski definition) is 7. The van der Waals surface area contributed by atoms with Crippen molar-refractivity contribution in [3.8, 4) is 11.8 Å². The molecule has 0 bridgehead atoms. The number of nitriles is 1. The van der Waals surface area contributed by atoms with Crippen LogP contribution >= 0.6 is 11.8 Å². The number of carbonyl (C=O) groups is 1. The van der Waals surface area contributed by atoms with Gasteiger partial charge in [0.25, 0.3) is 0 Å². The first-order valence-corrected chi connectivity index (χ1v) is 11.0. The monoisotopic (exact) mass is 452 g/mol. The minimum atomic E-state index is -0.363. The topological polar surface area (TPSA) is 96.1 Å². The van der Waals surface area contributed by atoms with Crippen LogP contribution in [0.3, 0.4) is 0 Å². The summed E-state index contributed by atoms with van der Waals surface area (Å²) < 4.78 is 21.1. The third-order valence-electron chi connectivity index (χ3n) is 4.83. The van der Waals surface area contributed by atoms with Crippen LogP contribution < -0.4 is 10.2 Å². The molecule has 1 saturated heterocycles. The number of hydrogen-bond donors (Lipinski definition) is 1. The summed E-state index contributed by atoms with van der Waals surface area (Å²) in [4.78, 5) is 14.5. The molecule has 1 N–H and O–H groups in total. The van der Waals surface area contributed by atoms with Crippen molar-refractivity contribution in [2.45, 2.75) is 11.6 Å². The number of rotatable bonds is 7. The Hall–Kier alpha value is -3.42. The van der Waals surface area contributed by atoms with Crippen molar-refractivity contribution >= 4 is 29.3 Å². The number of nitrogens with one attached hydrogen (secondary N) is 1. The average Bonchev–Trinajstić information content (AvgIpc) is 3.24. The summed E-state index contributed by atoms with van der Waals surface area (Å²) in [5.41, 5.74) is 2.13. The zero-order valence-corrected chi connectivity index (χ0v) is 18.0. The highest BCUT2D eigenvalue weighted by molar-refractivity contribution is 7.99. The Kier molecular flexibility index (Phi) is 6.99. The molecule has 0 radical (unpaired) electrons. The van der Waals surface area contributed by atoms with E-state index in [1.807, 2.05) is 4.90 Å². The molecule has 32 heavy (non-hydrogen) atoms. The summed E-state index contributed by atoms with van der Waals surface area (Å²) in [7, 11) is 0. The molecule has 0 aliphatic carbocycles. The molecule has 8 nitrogen and oxygen atoms in total. The van der Waals surface area contributed by atoms with E-state index in [0.717, 1.165) is 5.56 Å². The summed E-state index contributed by atoms with van der Waals surface area (Å²) in [6, 6.07) is 15.4. The number of thioether (sulfide) groups is 1. The molecule has 1 amide bonds. The molecule has 2 heterocycles. The second-order valence-electron chi connectivity index (χ2n) is 7.07. The van der Waals surface area contributed by atoms with Crippen molar-refractivity contribution in [3.63, 3.8) is 0 Å². The number of amides is 1. The third-order valence-corrected chi connectivity index (χ3v) is 5.76. The molecule has 2 aromatic carbocycles. The van der Waals surface area contributed by atoms with E-state index in [9.17, 15) is 9.18 Å². The molecule has 0 atom stereocenters. The van der Waals surface area contributed by atoms with Crippen molar-refractivity contribution in [2.24, 2.45) is 0 Å². The largest absolute Gasteiger partial charge is 0.378 e. The van der Waals surface area contributed by atoms with Crippen molar-refractivity contribution in [1.29, 1.82) is 5.26 Å². The van der Waals surface area contributed by atoms with Gasteiger partial charge in [-0.05, 0) is 35.9 Å². The van der Waals surface area contributed by atoms with Gasteiger partial charge in [0, 0.05) is 18.8 Å². The van der Waals surface area contributed by atoms with E-state index in [1.54, 1.807) is 41.0 Å². The van der Waals surface area contributed by atoms with Gasteiger partial charge in [0.1, 0.15) is 5.82 Å². The van der Waals surface area contributed by atoms with Crippen molar-refractivity contribution in [3.05, 3.63) is 59.9 Å². The molecule has 1 aliphatic rings. The SMILES string of the molecule is N#CCc1ccc(NC(=O)CSc2nnc(N3CCOCC3)n2-c2cccc(F)c2)cc1. The fraction of sp³-hybridized carbons (Fsp3) is 0.273. The normalized spacial score (nSPS) is 13.6. The van der Waals surface area contributed by atoms with Gasteiger partial charge in [-0.3, -0.25) is 9.36 Å². The van der Waals surface area contributed by atoms with Gasteiger partial charge in [-0.1, -0.05) is 30.0 Å². The van der Waals surface area contributed by atoms with Gasteiger partial charge in [-0.2, -0.15) is 5.26 Å². The molecular formula is C22H21FN6O2S. The van der Waals surface area contributed by atoms with E-state index in [1.165, 1.54) is 23.9 Å². The Morgan fingerprint density at radius 3 is 2.69 bits per heavy atom. The second kappa shape index (κ2) is 10.3. The quantitative estimate of drug-likeness (QED) is 0.551. The molecule has 0 unspecified atom stereocenters. The minimum absolute atomic E-state index is 0.108. The molecule has 10 heteroatoms. The first kappa shape index (κ1) is 21.8. The number of halogens is 1. The van der Waals surface area contributed by atoms with Crippen LogP contribution in [0, 0.1) is 17.1 Å². The van der Waals surface area contributed by atoms with Crippen LogP contribution in [0.1, 0.15) is 5.56 Å². The zero-order valence-electron chi connectivity index (χ0n) is 17.2. The lowest BCUT2D eigenvalue weighted by Crippen LogP contribution is -2.37. The van der Waals surface area contributed by atoms with E-state index in [-0.39, 0.29) is 17.5 Å². The maximum absolute atomic E-state index is 13.9. The molecule has 1 aromatic heterocycles. The molecule has 4 rings (SSSR count). The molecule has 1 fully saturated rings.